The number of nitrogens with one attached hydrogen (secondary N) is 1. The van der Waals surface area contributed by atoms with E-state index in [0.29, 0.717) is 18.8 Å². The van der Waals surface area contributed by atoms with Crippen molar-refractivity contribution in [2.75, 3.05) is 49.3 Å². The Bertz CT molecular complexity index is 696. The Balaban J connectivity index is 1.87. The molecule has 0 spiro atoms. The van der Waals surface area contributed by atoms with Gasteiger partial charge in [-0.15, -0.1) is 0 Å². The van der Waals surface area contributed by atoms with E-state index in [2.05, 4.69) is 24.1 Å². The lowest BCUT2D eigenvalue weighted by Gasteiger charge is -2.23. The molecular weight excluding hydrogens is 366 g/mol. The molecule has 1 heterocycles. The number of carbonyl (C=O) groups is 1. The van der Waals surface area contributed by atoms with Gasteiger partial charge in [0.25, 0.3) is 0 Å². The number of benzene rings is 1. The molecule has 0 bridgehead atoms. The van der Waals surface area contributed by atoms with Crippen LogP contribution in [0.2, 0.25) is 0 Å². The molecule has 1 aliphatic heterocycles. The quantitative estimate of drug-likeness (QED) is 0.655. The molecule has 7 nitrogen and oxygen atoms in total. The minimum atomic E-state index is -3.37. The topological polar surface area (TPSA) is 79.0 Å². The number of carbonyl (C=O) groups excluding carboxylic acids is 1. The zero-order valence-corrected chi connectivity index (χ0v) is 17.3. The van der Waals surface area contributed by atoms with Crippen LogP contribution >= 0.6 is 0 Å². The van der Waals surface area contributed by atoms with E-state index in [1.54, 1.807) is 0 Å². The summed E-state index contributed by atoms with van der Waals surface area (Å²) in [6.07, 6.45) is 3.02. The van der Waals surface area contributed by atoms with Gasteiger partial charge >= 0.3 is 0 Å². The van der Waals surface area contributed by atoms with E-state index in [4.69, 9.17) is 4.74 Å². The third-order valence-corrected chi connectivity index (χ3v) is 6.04. The number of rotatable bonds is 10. The smallest absolute Gasteiger partial charge is 0.225 e. The number of amides is 1. The number of anilines is 2. The van der Waals surface area contributed by atoms with Gasteiger partial charge in [0, 0.05) is 50.6 Å². The van der Waals surface area contributed by atoms with Crippen molar-refractivity contribution in [1.82, 2.24) is 4.31 Å². The minimum absolute atomic E-state index is 0.0737. The van der Waals surface area contributed by atoms with Crippen molar-refractivity contribution in [2.24, 2.45) is 0 Å². The lowest BCUT2D eigenvalue weighted by atomic mass is 10.2. The van der Waals surface area contributed by atoms with Crippen LogP contribution in [0.5, 0.6) is 0 Å². The van der Waals surface area contributed by atoms with Gasteiger partial charge in [0.1, 0.15) is 0 Å². The molecule has 0 aromatic heterocycles. The summed E-state index contributed by atoms with van der Waals surface area (Å²) in [6.45, 7) is 7.19. The first-order chi connectivity index (χ1) is 12.8. The van der Waals surface area contributed by atoms with Crippen molar-refractivity contribution in [1.29, 1.82) is 0 Å². The Morgan fingerprint density at radius 3 is 2.41 bits per heavy atom. The fourth-order valence-corrected chi connectivity index (χ4v) is 4.06. The second-order valence-electron chi connectivity index (χ2n) is 6.77. The Labute approximate surface area is 162 Å². The number of ether oxygens (including phenoxy) is 1. The van der Waals surface area contributed by atoms with Gasteiger partial charge in [-0.05, 0) is 51.0 Å². The summed E-state index contributed by atoms with van der Waals surface area (Å²) in [5.74, 6) is -0.202. The molecule has 8 heteroatoms. The summed E-state index contributed by atoms with van der Waals surface area (Å²) in [4.78, 5) is 14.5. The van der Waals surface area contributed by atoms with Gasteiger partial charge in [-0.2, -0.15) is 4.31 Å². The highest BCUT2D eigenvalue weighted by atomic mass is 32.2. The summed E-state index contributed by atoms with van der Waals surface area (Å²) in [6, 6.07) is 7.68. The van der Waals surface area contributed by atoms with Crippen molar-refractivity contribution in [3.8, 4) is 0 Å². The average Bonchev–Trinajstić information content (AvgIpc) is 3.13. The van der Waals surface area contributed by atoms with Crippen molar-refractivity contribution in [2.45, 2.75) is 39.2 Å². The molecule has 1 amide bonds. The van der Waals surface area contributed by atoms with Crippen molar-refractivity contribution in [3.05, 3.63) is 24.3 Å². The highest BCUT2D eigenvalue weighted by Gasteiger charge is 2.25. The van der Waals surface area contributed by atoms with Crippen LogP contribution in [0.25, 0.3) is 0 Å². The summed E-state index contributed by atoms with van der Waals surface area (Å²) >= 11 is 0. The molecule has 0 saturated carbocycles. The molecule has 1 N–H and O–H groups in total. The molecule has 0 radical (unpaired) electrons. The van der Waals surface area contributed by atoms with Gasteiger partial charge in [0.2, 0.25) is 15.9 Å². The predicted octanol–water partition coefficient (Wildman–Crippen LogP) is 2.30. The summed E-state index contributed by atoms with van der Waals surface area (Å²) in [7, 11) is -3.37. The monoisotopic (exact) mass is 397 g/mol. The zero-order chi connectivity index (χ0) is 19.9. The predicted molar refractivity (Wildman–Crippen MR) is 109 cm³/mol. The first kappa shape index (κ1) is 21.7. The fourth-order valence-electron chi connectivity index (χ4n) is 3.20. The van der Waals surface area contributed by atoms with Crippen LogP contribution in [0.1, 0.15) is 33.1 Å². The molecule has 1 fully saturated rings. The standard InChI is InChI=1S/C19H31N3O4S/c1-4-21(5-2)17-10-8-16(9-11-17)20-19(23)12-13-22(27(3,24)25)15-18-7-6-14-26-18/h8-11,18H,4-7,12-15H2,1-3H3,(H,20,23). The minimum Gasteiger partial charge on any atom is -0.377 e. The molecule has 1 atom stereocenters. The number of sulfonamides is 1. The van der Waals surface area contributed by atoms with E-state index in [0.717, 1.165) is 31.6 Å². The van der Waals surface area contributed by atoms with Crippen molar-refractivity contribution >= 4 is 27.3 Å². The summed E-state index contributed by atoms with van der Waals surface area (Å²) in [5.41, 5.74) is 1.82. The number of hydrogen-bond donors (Lipinski definition) is 1. The first-order valence-corrected chi connectivity index (χ1v) is 11.4. The van der Waals surface area contributed by atoms with Crippen LogP contribution in [0.4, 0.5) is 11.4 Å². The van der Waals surface area contributed by atoms with Crippen LogP contribution in [0.15, 0.2) is 24.3 Å². The second kappa shape index (κ2) is 10.1. The van der Waals surface area contributed by atoms with Crippen LogP contribution in [-0.4, -0.2) is 63.8 Å². The van der Waals surface area contributed by atoms with Gasteiger partial charge < -0.3 is 15.0 Å². The van der Waals surface area contributed by atoms with Crippen LogP contribution < -0.4 is 10.2 Å². The summed E-state index contributed by atoms with van der Waals surface area (Å²) < 4.78 is 30.8. The highest BCUT2D eigenvalue weighted by molar-refractivity contribution is 7.88. The molecule has 1 aromatic carbocycles. The van der Waals surface area contributed by atoms with Gasteiger partial charge in [0.15, 0.2) is 0 Å². The fraction of sp³-hybridized carbons (Fsp3) is 0.632. The van der Waals surface area contributed by atoms with E-state index >= 15 is 0 Å². The second-order valence-corrected chi connectivity index (χ2v) is 8.76. The lowest BCUT2D eigenvalue weighted by molar-refractivity contribution is -0.116. The number of nitrogens with zero attached hydrogens (tertiary/aromatic N) is 2. The third-order valence-electron chi connectivity index (χ3n) is 4.77. The molecule has 0 aliphatic carbocycles. The van der Waals surface area contributed by atoms with Gasteiger partial charge in [-0.1, -0.05) is 0 Å². The van der Waals surface area contributed by atoms with E-state index in [1.807, 2.05) is 24.3 Å². The Hall–Kier alpha value is -1.64. The molecular formula is C19H31N3O4S. The lowest BCUT2D eigenvalue weighted by Crippen LogP contribution is -2.38. The SMILES string of the molecule is CCN(CC)c1ccc(NC(=O)CCN(CC2CCCO2)S(C)(=O)=O)cc1. The molecule has 152 valence electrons. The van der Waals surface area contributed by atoms with Gasteiger partial charge in [-0.3, -0.25) is 4.79 Å². The average molecular weight is 398 g/mol. The molecule has 2 rings (SSSR count). The maximum atomic E-state index is 12.2. The zero-order valence-electron chi connectivity index (χ0n) is 16.5. The van der Waals surface area contributed by atoms with Crippen molar-refractivity contribution in [3.63, 3.8) is 0 Å². The maximum Gasteiger partial charge on any atom is 0.225 e. The molecule has 1 aliphatic rings. The Morgan fingerprint density at radius 1 is 1.22 bits per heavy atom. The largest absolute Gasteiger partial charge is 0.377 e. The van der Waals surface area contributed by atoms with E-state index < -0.39 is 10.0 Å². The molecule has 1 unspecified atom stereocenters. The van der Waals surface area contributed by atoms with Crippen LogP contribution in [-0.2, 0) is 19.6 Å². The highest BCUT2D eigenvalue weighted by Crippen LogP contribution is 2.18. The first-order valence-electron chi connectivity index (χ1n) is 9.55. The molecule has 27 heavy (non-hydrogen) atoms. The maximum absolute atomic E-state index is 12.2. The van der Waals surface area contributed by atoms with Gasteiger partial charge in [0.05, 0.1) is 12.4 Å². The normalized spacial score (nSPS) is 17.3. The molecule has 1 aromatic rings. The van der Waals surface area contributed by atoms with Crippen molar-refractivity contribution < 1.29 is 17.9 Å². The third kappa shape index (κ3) is 6.79. The van der Waals surface area contributed by atoms with E-state index in [1.165, 1.54) is 10.6 Å². The van der Waals surface area contributed by atoms with Crippen LogP contribution in [0.3, 0.4) is 0 Å². The van der Waals surface area contributed by atoms with Crippen LogP contribution in [0, 0.1) is 0 Å². The Kier molecular flexibility index (Phi) is 8.07. The number of hydrogen-bond acceptors (Lipinski definition) is 5. The summed E-state index contributed by atoms with van der Waals surface area (Å²) in [5, 5.41) is 2.83. The van der Waals surface area contributed by atoms with E-state index in [-0.39, 0.29) is 25.0 Å². The van der Waals surface area contributed by atoms with E-state index in [9.17, 15) is 13.2 Å². The molecule has 1 saturated heterocycles. The Morgan fingerprint density at radius 2 is 1.89 bits per heavy atom. The van der Waals surface area contributed by atoms with Gasteiger partial charge in [-0.25, -0.2) is 8.42 Å².